The van der Waals surface area contributed by atoms with E-state index in [0.717, 1.165) is 17.7 Å². The molecule has 2 rings (SSSR count). The van der Waals surface area contributed by atoms with Crippen molar-refractivity contribution in [1.29, 1.82) is 0 Å². The quantitative estimate of drug-likeness (QED) is 0.812. The summed E-state index contributed by atoms with van der Waals surface area (Å²) in [5.74, 6) is -0.985. The highest BCUT2D eigenvalue weighted by molar-refractivity contribution is 6.04. The summed E-state index contributed by atoms with van der Waals surface area (Å²) in [6.07, 6.45) is 2.06. The molecular weight excluding hydrogens is 210 g/mol. The van der Waals surface area contributed by atoms with E-state index in [1.807, 2.05) is 20.2 Å². The lowest BCUT2D eigenvalue weighted by atomic mass is 10.0. The van der Waals surface area contributed by atoms with Crippen molar-refractivity contribution >= 4 is 11.7 Å². The molecule has 6 heteroatoms. The molecule has 0 amide bonds. The first-order valence-corrected chi connectivity index (χ1v) is 5.10. The molecule has 1 aliphatic rings. The molecule has 0 radical (unpaired) electrons. The first-order chi connectivity index (χ1) is 7.61. The van der Waals surface area contributed by atoms with E-state index in [2.05, 4.69) is 10.3 Å². The van der Waals surface area contributed by atoms with E-state index in [9.17, 15) is 4.79 Å². The Morgan fingerprint density at radius 2 is 2.50 bits per heavy atom. The van der Waals surface area contributed by atoms with Crippen LogP contribution in [-0.4, -0.2) is 32.7 Å². The molecule has 1 aliphatic heterocycles. The number of aromatic nitrogens is 2. The Balaban J connectivity index is 2.23. The van der Waals surface area contributed by atoms with Crippen LogP contribution < -0.4 is 0 Å². The minimum atomic E-state index is -0.985. The zero-order chi connectivity index (χ0) is 11.7. The van der Waals surface area contributed by atoms with Crippen LogP contribution in [0, 0.1) is 0 Å². The normalized spacial score (nSPS) is 19.4. The van der Waals surface area contributed by atoms with Crippen molar-refractivity contribution in [3.63, 3.8) is 0 Å². The van der Waals surface area contributed by atoms with Crippen molar-refractivity contribution in [3.05, 3.63) is 17.5 Å². The number of carbonyl (C=O) groups is 1. The summed E-state index contributed by atoms with van der Waals surface area (Å²) < 4.78 is 1.70. The zero-order valence-electron chi connectivity index (χ0n) is 9.17. The van der Waals surface area contributed by atoms with Crippen LogP contribution in [0.15, 0.2) is 11.4 Å². The van der Waals surface area contributed by atoms with Crippen LogP contribution in [0.5, 0.6) is 0 Å². The highest BCUT2D eigenvalue weighted by Crippen LogP contribution is 2.19. The lowest BCUT2D eigenvalue weighted by Gasteiger charge is -1.99. The average Bonchev–Trinajstić information content (AvgIpc) is 2.82. The van der Waals surface area contributed by atoms with E-state index >= 15 is 0 Å². The summed E-state index contributed by atoms with van der Waals surface area (Å²) >= 11 is 0. The smallest absolute Gasteiger partial charge is 0.348 e. The van der Waals surface area contributed by atoms with Gasteiger partial charge in [-0.25, -0.2) is 4.79 Å². The van der Waals surface area contributed by atoms with Gasteiger partial charge in [-0.3, -0.25) is 4.68 Å². The van der Waals surface area contributed by atoms with E-state index in [4.69, 9.17) is 9.94 Å². The molecule has 0 saturated heterocycles. The van der Waals surface area contributed by atoms with Gasteiger partial charge in [0.2, 0.25) is 6.10 Å². The van der Waals surface area contributed by atoms with E-state index in [1.165, 1.54) is 0 Å². The van der Waals surface area contributed by atoms with Crippen LogP contribution >= 0.6 is 0 Å². The van der Waals surface area contributed by atoms with Crippen molar-refractivity contribution < 1.29 is 14.7 Å². The third-order valence-electron chi connectivity index (χ3n) is 2.50. The average molecular weight is 223 g/mol. The van der Waals surface area contributed by atoms with Gasteiger partial charge < -0.3 is 9.94 Å². The fourth-order valence-corrected chi connectivity index (χ4v) is 1.71. The first kappa shape index (κ1) is 10.7. The molecule has 1 unspecified atom stereocenters. The number of carboxylic acid groups (broad SMARTS) is 1. The standard InChI is InChI=1S/C10H13N3O3/c1-3-7-6(5-13(2)11-7)8-4-9(10(14)15)16-12-8/h5,9H,3-4H2,1-2H3,(H,14,15). The van der Waals surface area contributed by atoms with Crippen LogP contribution in [0.4, 0.5) is 0 Å². The Labute approximate surface area is 92.5 Å². The molecule has 1 atom stereocenters. The molecule has 1 aromatic rings. The summed E-state index contributed by atoms with van der Waals surface area (Å²) in [7, 11) is 1.83. The highest BCUT2D eigenvalue weighted by atomic mass is 16.7. The molecule has 0 fully saturated rings. The second-order valence-electron chi connectivity index (χ2n) is 3.69. The number of nitrogens with zero attached hydrogens (tertiary/aromatic N) is 3. The molecule has 0 bridgehead atoms. The molecule has 0 saturated carbocycles. The molecule has 1 N–H and O–H groups in total. The topological polar surface area (TPSA) is 76.7 Å². The first-order valence-electron chi connectivity index (χ1n) is 5.10. The Kier molecular flexibility index (Phi) is 2.64. The predicted molar refractivity (Wildman–Crippen MR) is 56.2 cm³/mol. The number of hydrogen-bond donors (Lipinski definition) is 1. The molecule has 0 spiro atoms. The molecule has 86 valence electrons. The minimum absolute atomic E-state index is 0.300. The summed E-state index contributed by atoms with van der Waals surface area (Å²) in [4.78, 5) is 15.6. The second kappa shape index (κ2) is 3.96. The van der Waals surface area contributed by atoms with Gasteiger partial charge in [-0.15, -0.1) is 0 Å². The largest absolute Gasteiger partial charge is 0.478 e. The third kappa shape index (κ3) is 1.78. The molecule has 16 heavy (non-hydrogen) atoms. The van der Waals surface area contributed by atoms with Crippen LogP contribution in [0.1, 0.15) is 24.6 Å². The number of rotatable bonds is 3. The van der Waals surface area contributed by atoms with Gasteiger partial charge in [0, 0.05) is 25.2 Å². The monoisotopic (exact) mass is 223 g/mol. The van der Waals surface area contributed by atoms with Crippen molar-refractivity contribution in [2.45, 2.75) is 25.9 Å². The minimum Gasteiger partial charge on any atom is -0.478 e. The van der Waals surface area contributed by atoms with Gasteiger partial charge in [0.05, 0.1) is 11.4 Å². The fourth-order valence-electron chi connectivity index (χ4n) is 1.71. The van der Waals surface area contributed by atoms with Crippen molar-refractivity contribution in [2.24, 2.45) is 12.2 Å². The fraction of sp³-hybridized carbons (Fsp3) is 0.500. The summed E-state index contributed by atoms with van der Waals surface area (Å²) in [6, 6.07) is 0. The van der Waals surface area contributed by atoms with Gasteiger partial charge in [0.15, 0.2) is 0 Å². The maximum atomic E-state index is 10.7. The maximum Gasteiger partial charge on any atom is 0.348 e. The Morgan fingerprint density at radius 3 is 3.06 bits per heavy atom. The highest BCUT2D eigenvalue weighted by Gasteiger charge is 2.30. The van der Waals surface area contributed by atoms with Gasteiger partial charge in [0.25, 0.3) is 0 Å². The Bertz CT molecular complexity index is 450. The van der Waals surface area contributed by atoms with Crippen LogP contribution in [0.2, 0.25) is 0 Å². The number of oxime groups is 1. The van der Waals surface area contributed by atoms with Crippen LogP contribution in [-0.2, 0) is 23.1 Å². The SMILES string of the molecule is CCc1nn(C)cc1C1=NOC(C(=O)O)C1. The van der Waals surface area contributed by atoms with Crippen molar-refractivity contribution in [2.75, 3.05) is 0 Å². The van der Waals surface area contributed by atoms with Crippen LogP contribution in [0.25, 0.3) is 0 Å². The van der Waals surface area contributed by atoms with E-state index in [0.29, 0.717) is 12.1 Å². The van der Waals surface area contributed by atoms with Crippen molar-refractivity contribution in [1.82, 2.24) is 9.78 Å². The van der Waals surface area contributed by atoms with E-state index in [1.54, 1.807) is 4.68 Å². The van der Waals surface area contributed by atoms with Gasteiger partial charge in [-0.05, 0) is 6.42 Å². The van der Waals surface area contributed by atoms with Gasteiger partial charge in [0.1, 0.15) is 0 Å². The number of aliphatic carboxylic acids is 1. The molecule has 0 aliphatic carbocycles. The molecule has 1 aromatic heterocycles. The molecule has 6 nitrogen and oxygen atoms in total. The van der Waals surface area contributed by atoms with Gasteiger partial charge in [-0.1, -0.05) is 12.1 Å². The van der Waals surface area contributed by atoms with Gasteiger partial charge in [-0.2, -0.15) is 5.10 Å². The predicted octanol–water partition coefficient (Wildman–Crippen LogP) is 0.560. The lowest BCUT2D eigenvalue weighted by molar-refractivity contribution is -0.148. The summed E-state index contributed by atoms with van der Waals surface area (Å²) in [5.41, 5.74) is 2.46. The zero-order valence-corrected chi connectivity index (χ0v) is 9.17. The van der Waals surface area contributed by atoms with Gasteiger partial charge >= 0.3 is 5.97 Å². The Hall–Kier alpha value is -1.85. The van der Waals surface area contributed by atoms with Crippen LogP contribution in [0.3, 0.4) is 0 Å². The molecule has 2 heterocycles. The summed E-state index contributed by atoms with van der Waals surface area (Å²) in [5, 5.41) is 16.9. The third-order valence-corrected chi connectivity index (χ3v) is 2.50. The number of aryl methyl sites for hydroxylation is 2. The molecule has 0 aromatic carbocycles. The summed E-state index contributed by atoms with van der Waals surface area (Å²) in [6.45, 7) is 2.00. The van der Waals surface area contributed by atoms with E-state index < -0.39 is 12.1 Å². The van der Waals surface area contributed by atoms with E-state index in [-0.39, 0.29) is 0 Å². The molecular formula is C10H13N3O3. The van der Waals surface area contributed by atoms with Crippen molar-refractivity contribution in [3.8, 4) is 0 Å². The Morgan fingerprint density at radius 1 is 1.75 bits per heavy atom. The number of hydrogen-bond acceptors (Lipinski definition) is 4. The lowest BCUT2D eigenvalue weighted by Crippen LogP contribution is -2.20. The second-order valence-corrected chi connectivity index (χ2v) is 3.69. The maximum absolute atomic E-state index is 10.7. The number of carboxylic acids is 1.